The number of aromatic nitrogens is 3. The first kappa shape index (κ1) is 14.8. The van der Waals surface area contributed by atoms with E-state index in [9.17, 15) is 5.11 Å². The van der Waals surface area contributed by atoms with Gasteiger partial charge in [-0.15, -0.1) is 0 Å². The quantitative estimate of drug-likeness (QED) is 0.851. The highest BCUT2D eigenvalue weighted by molar-refractivity contribution is 5.68. The van der Waals surface area contributed by atoms with Gasteiger partial charge >= 0.3 is 0 Å². The lowest BCUT2D eigenvalue weighted by Crippen LogP contribution is -2.41. The summed E-state index contributed by atoms with van der Waals surface area (Å²) in [5.41, 5.74) is 1.68. The Morgan fingerprint density at radius 3 is 2.60 bits per heavy atom. The van der Waals surface area contributed by atoms with Crippen LogP contribution in [0.5, 0.6) is 0 Å². The summed E-state index contributed by atoms with van der Waals surface area (Å²) in [4.78, 5) is 4.43. The molecule has 5 heteroatoms. The second-order valence-electron chi connectivity index (χ2n) is 5.60. The van der Waals surface area contributed by atoms with Gasteiger partial charge in [-0.2, -0.15) is 5.10 Å². The number of aliphatic hydroxyl groups excluding tert-OH is 1. The van der Waals surface area contributed by atoms with Crippen LogP contribution in [-0.4, -0.2) is 31.9 Å². The van der Waals surface area contributed by atoms with E-state index in [-0.39, 0.29) is 12.1 Å². The molecule has 2 N–H and O–H groups in total. The Morgan fingerprint density at radius 1 is 1.35 bits per heavy atom. The number of hydrogen-bond acceptors (Lipinski definition) is 4. The highest BCUT2D eigenvalue weighted by atomic mass is 16.3. The standard InChI is InChI=1S/C15H24N4O/c1-5-15(6-2,10-20)17-14-13-9-12(11(3)4)18-19(13)8-7-16-14/h7-9,11,20H,5-6,10H2,1-4H3,(H,16,17). The van der Waals surface area contributed by atoms with Crippen LogP contribution in [0.1, 0.15) is 52.1 Å². The van der Waals surface area contributed by atoms with Crippen molar-refractivity contribution < 1.29 is 5.11 Å². The number of rotatable bonds is 6. The normalized spacial score (nSPS) is 12.3. The lowest BCUT2D eigenvalue weighted by atomic mass is 9.94. The van der Waals surface area contributed by atoms with Crippen LogP contribution < -0.4 is 5.32 Å². The van der Waals surface area contributed by atoms with Crippen molar-refractivity contribution in [3.05, 3.63) is 24.2 Å². The molecule has 0 unspecified atom stereocenters. The van der Waals surface area contributed by atoms with Crippen molar-refractivity contribution in [2.24, 2.45) is 0 Å². The molecule has 2 rings (SSSR count). The Morgan fingerprint density at radius 2 is 2.05 bits per heavy atom. The van der Waals surface area contributed by atoms with E-state index in [1.54, 1.807) is 6.20 Å². The summed E-state index contributed by atoms with van der Waals surface area (Å²) in [5, 5.41) is 17.7. The predicted molar refractivity (Wildman–Crippen MR) is 81.1 cm³/mol. The Kier molecular flexibility index (Phi) is 4.28. The fourth-order valence-corrected chi connectivity index (χ4v) is 2.26. The maximum atomic E-state index is 9.69. The summed E-state index contributed by atoms with van der Waals surface area (Å²) >= 11 is 0. The van der Waals surface area contributed by atoms with Gasteiger partial charge in [-0.1, -0.05) is 27.7 Å². The molecule has 0 saturated heterocycles. The van der Waals surface area contributed by atoms with Gasteiger partial charge in [0.25, 0.3) is 0 Å². The molecule has 0 aromatic carbocycles. The molecule has 0 amide bonds. The molecule has 0 aliphatic carbocycles. The smallest absolute Gasteiger partial charge is 0.152 e. The van der Waals surface area contributed by atoms with E-state index in [1.165, 1.54) is 0 Å². The zero-order valence-electron chi connectivity index (χ0n) is 12.7. The average molecular weight is 276 g/mol. The average Bonchev–Trinajstić information content (AvgIpc) is 2.90. The van der Waals surface area contributed by atoms with Crippen molar-refractivity contribution in [2.75, 3.05) is 11.9 Å². The van der Waals surface area contributed by atoms with E-state index in [2.05, 4.69) is 49.2 Å². The van der Waals surface area contributed by atoms with Gasteiger partial charge in [0.2, 0.25) is 0 Å². The molecule has 2 aromatic heterocycles. The number of fused-ring (bicyclic) bond motifs is 1. The van der Waals surface area contributed by atoms with Crippen LogP contribution in [0.3, 0.4) is 0 Å². The van der Waals surface area contributed by atoms with Crippen molar-refractivity contribution in [2.45, 2.75) is 52.0 Å². The summed E-state index contributed by atoms with van der Waals surface area (Å²) < 4.78 is 1.85. The molecule has 2 heterocycles. The highest BCUT2D eigenvalue weighted by Gasteiger charge is 2.26. The van der Waals surface area contributed by atoms with Gasteiger partial charge in [0.15, 0.2) is 5.82 Å². The predicted octanol–water partition coefficient (Wildman–Crippen LogP) is 2.82. The van der Waals surface area contributed by atoms with Gasteiger partial charge in [0, 0.05) is 12.4 Å². The number of aliphatic hydroxyl groups is 1. The first-order valence-corrected chi connectivity index (χ1v) is 7.28. The molecule has 0 saturated carbocycles. The minimum absolute atomic E-state index is 0.0912. The Hall–Kier alpha value is -1.62. The summed E-state index contributed by atoms with van der Waals surface area (Å²) in [5.74, 6) is 1.16. The Bertz CT molecular complexity index is 564. The molecule has 0 aliphatic rings. The van der Waals surface area contributed by atoms with E-state index >= 15 is 0 Å². The molecule has 0 fully saturated rings. The first-order valence-electron chi connectivity index (χ1n) is 7.28. The number of nitrogens with one attached hydrogen (secondary N) is 1. The fourth-order valence-electron chi connectivity index (χ4n) is 2.26. The van der Waals surface area contributed by atoms with Crippen LogP contribution in [0.15, 0.2) is 18.5 Å². The van der Waals surface area contributed by atoms with Gasteiger partial charge in [-0.3, -0.25) is 0 Å². The van der Waals surface area contributed by atoms with Crippen LogP contribution in [0.2, 0.25) is 0 Å². The van der Waals surface area contributed by atoms with Crippen molar-refractivity contribution >= 4 is 11.3 Å². The van der Waals surface area contributed by atoms with Crippen LogP contribution >= 0.6 is 0 Å². The molecule has 0 bridgehead atoms. The molecule has 110 valence electrons. The third-order valence-corrected chi connectivity index (χ3v) is 4.04. The van der Waals surface area contributed by atoms with Crippen LogP contribution in [0, 0.1) is 0 Å². The second-order valence-corrected chi connectivity index (χ2v) is 5.60. The van der Waals surface area contributed by atoms with Gasteiger partial charge in [0.1, 0.15) is 5.52 Å². The molecular weight excluding hydrogens is 252 g/mol. The van der Waals surface area contributed by atoms with Gasteiger partial charge in [0.05, 0.1) is 17.8 Å². The lowest BCUT2D eigenvalue weighted by Gasteiger charge is -2.31. The summed E-state index contributed by atoms with van der Waals surface area (Å²) in [7, 11) is 0. The summed E-state index contributed by atoms with van der Waals surface area (Å²) in [6, 6.07) is 2.06. The number of hydrogen-bond donors (Lipinski definition) is 2. The van der Waals surface area contributed by atoms with Gasteiger partial charge < -0.3 is 10.4 Å². The Balaban J connectivity index is 2.44. The molecule has 0 radical (unpaired) electrons. The number of nitrogens with zero attached hydrogens (tertiary/aromatic N) is 3. The third-order valence-electron chi connectivity index (χ3n) is 4.04. The monoisotopic (exact) mass is 276 g/mol. The zero-order valence-corrected chi connectivity index (χ0v) is 12.7. The van der Waals surface area contributed by atoms with Crippen LogP contribution in [-0.2, 0) is 0 Å². The molecule has 0 atom stereocenters. The van der Waals surface area contributed by atoms with E-state index in [0.29, 0.717) is 5.92 Å². The molecule has 5 nitrogen and oxygen atoms in total. The van der Waals surface area contributed by atoms with E-state index in [0.717, 1.165) is 29.9 Å². The fraction of sp³-hybridized carbons (Fsp3) is 0.600. The Labute approximate surface area is 120 Å². The summed E-state index contributed by atoms with van der Waals surface area (Å²) in [6.45, 7) is 8.48. The minimum Gasteiger partial charge on any atom is -0.394 e. The van der Waals surface area contributed by atoms with Crippen molar-refractivity contribution in [3.8, 4) is 0 Å². The van der Waals surface area contributed by atoms with Crippen molar-refractivity contribution in [1.29, 1.82) is 0 Å². The highest BCUT2D eigenvalue weighted by Crippen LogP contribution is 2.25. The minimum atomic E-state index is -0.322. The molecule has 20 heavy (non-hydrogen) atoms. The zero-order chi connectivity index (χ0) is 14.8. The maximum absolute atomic E-state index is 9.69. The van der Waals surface area contributed by atoms with Crippen molar-refractivity contribution in [3.63, 3.8) is 0 Å². The molecule has 0 spiro atoms. The molecule has 2 aromatic rings. The third kappa shape index (κ3) is 2.63. The number of anilines is 1. The van der Waals surface area contributed by atoms with Gasteiger partial charge in [-0.05, 0) is 24.8 Å². The molecular formula is C15H24N4O. The lowest BCUT2D eigenvalue weighted by molar-refractivity contribution is 0.202. The topological polar surface area (TPSA) is 62.5 Å². The SMILES string of the molecule is CCC(CC)(CO)Nc1nccn2nc(C(C)C)cc12. The largest absolute Gasteiger partial charge is 0.394 e. The maximum Gasteiger partial charge on any atom is 0.152 e. The molecule has 0 aliphatic heterocycles. The summed E-state index contributed by atoms with van der Waals surface area (Å²) in [6.07, 6.45) is 5.27. The van der Waals surface area contributed by atoms with E-state index < -0.39 is 0 Å². The second kappa shape index (κ2) is 5.79. The van der Waals surface area contributed by atoms with Crippen molar-refractivity contribution in [1.82, 2.24) is 14.6 Å². The van der Waals surface area contributed by atoms with Crippen LogP contribution in [0.4, 0.5) is 5.82 Å². The van der Waals surface area contributed by atoms with Gasteiger partial charge in [-0.25, -0.2) is 9.50 Å². The van der Waals surface area contributed by atoms with Crippen LogP contribution in [0.25, 0.3) is 5.52 Å². The van der Waals surface area contributed by atoms with E-state index in [1.807, 2.05) is 10.7 Å². The first-order chi connectivity index (χ1) is 9.55. The van der Waals surface area contributed by atoms with E-state index in [4.69, 9.17) is 0 Å².